The predicted octanol–water partition coefficient (Wildman–Crippen LogP) is 5.76. The van der Waals surface area contributed by atoms with E-state index in [-0.39, 0.29) is 34.5 Å². The van der Waals surface area contributed by atoms with E-state index < -0.39 is 17.6 Å². The summed E-state index contributed by atoms with van der Waals surface area (Å²) in [5.41, 5.74) is 0.569. The maximum atomic E-state index is 13.0. The standard InChI is InChI=1S/C25H25F3N4O3/c1-2-11-29-24(35)32-21(15-5-3-6-15)14-20(31-32)19-13-18(9-10-22(19)33)30-23(34)16-7-4-8-17(12-16)25(26,27)28/h4,7-10,12-15,33H,2-3,5-6,11H2,1H3,(H,29,35)(H,30,34). The molecular weight excluding hydrogens is 461 g/mol. The van der Waals surface area contributed by atoms with Crippen LogP contribution in [0.25, 0.3) is 11.3 Å². The predicted molar refractivity (Wildman–Crippen MR) is 124 cm³/mol. The molecule has 0 aliphatic heterocycles. The van der Waals surface area contributed by atoms with E-state index in [4.69, 9.17) is 0 Å². The molecule has 10 heteroatoms. The third-order valence-electron chi connectivity index (χ3n) is 5.96. The van der Waals surface area contributed by atoms with Gasteiger partial charge in [-0.2, -0.15) is 23.0 Å². The molecule has 184 valence electrons. The first kappa shape index (κ1) is 24.3. The van der Waals surface area contributed by atoms with Crippen LogP contribution in [0.1, 0.15) is 60.1 Å². The maximum Gasteiger partial charge on any atom is 0.416 e. The second kappa shape index (κ2) is 9.81. The molecule has 0 spiro atoms. The van der Waals surface area contributed by atoms with Gasteiger partial charge in [-0.1, -0.05) is 19.4 Å². The molecular formula is C25H25F3N4O3. The number of carbonyl (C=O) groups excluding carboxylic acids is 2. The van der Waals surface area contributed by atoms with Crippen LogP contribution in [0.4, 0.5) is 23.7 Å². The van der Waals surface area contributed by atoms with E-state index in [1.165, 1.54) is 28.9 Å². The Morgan fingerprint density at radius 2 is 1.91 bits per heavy atom. The Morgan fingerprint density at radius 3 is 2.57 bits per heavy atom. The summed E-state index contributed by atoms with van der Waals surface area (Å²) >= 11 is 0. The quantitative estimate of drug-likeness (QED) is 0.386. The Kier molecular flexibility index (Phi) is 6.81. The molecule has 1 aromatic heterocycles. The van der Waals surface area contributed by atoms with Crippen molar-refractivity contribution in [3.63, 3.8) is 0 Å². The lowest BCUT2D eigenvalue weighted by atomic mass is 9.82. The van der Waals surface area contributed by atoms with Crippen LogP contribution in [-0.2, 0) is 6.18 Å². The number of rotatable bonds is 6. The summed E-state index contributed by atoms with van der Waals surface area (Å²) in [5.74, 6) is -0.650. The molecule has 0 bridgehead atoms. The van der Waals surface area contributed by atoms with Crippen molar-refractivity contribution in [2.45, 2.75) is 44.7 Å². The Balaban J connectivity index is 1.62. The monoisotopic (exact) mass is 486 g/mol. The van der Waals surface area contributed by atoms with E-state index in [1.807, 2.05) is 6.92 Å². The van der Waals surface area contributed by atoms with E-state index in [2.05, 4.69) is 15.7 Å². The largest absolute Gasteiger partial charge is 0.507 e. The zero-order valence-corrected chi connectivity index (χ0v) is 19.0. The molecule has 35 heavy (non-hydrogen) atoms. The molecule has 1 heterocycles. The zero-order valence-electron chi connectivity index (χ0n) is 19.0. The van der Waals surface area contributed by atoms with Gasteiger partial charge in [-0.3, -0.25) is 4.79 Å². The van der Waals surface area contributed by atoms with Gasteiger partial charge >= 0.3 is 12.2 Å². The van der Waals surface area contributed by atoms with Crippen LogP contribution in [0.2, 0.25) is 0 Å². The Labute approximate surface area is 200 Å². The fourth-order valence-corrected chi connectivity index (χ4v) is 3.85. The number of aromatic nitrogens is 2. The van der Waals surface area contributed by atoms with Crippen molar-refractivity contribution in [1.29, 1.82) is 0 Å². The van der Waals surface area contributed by atoms with Crippen LogP contribution in [0, 0.1) is 0 Å². The van der Waals surface area contributed by atoms with Crippen LogP contribution < -0.4 is 10.6 Å². The fourth-order valence-electron chi connectivity index (χ4n) is 3.85. The number of phenolic OH excluding ortho intramolecular Hbond substituents is 1. The second-order valence-electron chi connectivity index (χ2n) is 8.49. The number of aromatic hydroxyl groups is 1. The molecule has 0 radical (unpaired) electrons. The number of halogens is 3. The van der Waals surface area contributed by atoms with Crippen molar-refractivity contribution in [3.8, 4) is 17.0 Å². The molecule has 1 aliphatic rings. The maximum absolute atomic E-state index is 13.0. The fraction of sp³-hybridized carbons (Fsp3) is 0.320. The lowest BCUT2D eigenvalue weighted by Gasteiger charge is -2.25. The SMILES string of the molecule is CCCNC(=O)n1nc(-c2cc(NC(=O)c3cccc(C(F)(F)F)c3)ccc2O)cc1C1CCC1. The number of anilines is 1. The van der Waals surface area contributed by atoms with Crippen molar-refractivity contribution in [2.24, 2.45) is 0 Å². The lowest BCUT2D eigenvalue weighted by molar-refractivity contribution is -0.137. The van der Waals surface area contributed by atoms with E-state index in [0.29, 0.717) is 12.2 Å². The summed E-state index contributed by atoms with van der Waals surface area (Å²) < 4.78 is 40.3. The van der Waals surface area contributed by atoms with Gasteiger partial charge in [0.25, 0.3) is 5.91 Å². The van der Waals surface area contributed by atoms with Gasteiger partial charge in [-0.05, 0) is 61.7 Å². The van der Waals surface area contributed by atoms with Crippen molar-refractivity contribution in [2.75, 3.05) is 11.9 Å². The normalized spacial score (nSPS) is 13.8. The van der Waals surface area contributed by atoms with Gasteiger partial charge in [0.05, 0.1) is 17.0 Å². The van der Waals surface area contributed by atoms with Crippen molar-refractivity contribution in [3.05, 3.63) is 65.4 Å². The second-order valence-corrected chi connectivity index (χ2v) is 8.49. The van der Waals surface area contributed by atoms with Crippen LogP contribution in [0.15, 0.2) is 48.5 Å². The van der Waals surface area contributed by atoms with Gasteiger partial charge < -0.3 is 15.7 Å². The van der Waals surface area contributed by atoms with Gasteiger partial charge in [-0.15, -0.1) is 0 Å². The van der Waals surface area contributed by atoms with E-state index >= 15 is 0 Å². The van der Waals surface area contributed by atoms with Gasteiger partial charge in [0.1, 0.15) is 5.75 Å². The highest BCUT2D eigenvalue weighted by molar-refractivity contribution is 6.04. The molecule has 3 N–H and O–H groups in total. The number of amides is 2. The van der Waals surface area contributed by atoms with Crippen LogP contribution in [0.5, 0.6) is 5.75 Å². The number of phenols is 1. The van der Waals surface area contributed by atoms with E-state index in [1.54, 1.807) is 6.07 Å². The number of benzene rings is 2. The number of alkyl halides is 3. The molecule has 1 fully saturated rings. The van der Waals surface area contributed by atoms with Crippen molar-refractivity contribution in [1.82, 2.24) is 15.1 Å². The summed E-state index contributed by atoms with van der Waals surface area (Å²) in [6.45, 7) is 2.44. The minimum atomic E-state index is -4.57. The number of carbonyl (C=O) groups is 2. The molecule has 0 saturated heterocycles. The Bertz CT molecular complexity index is 1250. The highest BCUT2D eigenvalue weighted by Gasteiger charge is 2.31. The average Bonchev–Trinajstić information content (AvgIpc) is 3.21. The van der Waals surface area contributed by atoms with Crippen molar-refractivity contribution < 1.29 is 27.9 Å². The van der Waals surface area contributed by atoms with Gasteiger partial charge in [0.15, 0.2) is 0 Å². The number of nitrogens with zero attached hydrogens (tertiary/aromatic N) is 2. The molecule has 4 rings (SSSR count). The van der Waals surface area contributed by atoms with Crippen LogP contribution >= 0.6 is 0 Å². The first-order valence-corrected chi connectivity index (χ1v) is 11.4. The summed E-state index contributed by atoms with van der Waals surface area (Å²) in [7, 11) is 0. The number of hydrogen-bond acceptors (Lipinski definition) is 4. The molecule has 7 nitrogen and oxygen atoms in total. The number of nitrogens with one attached hydrogen (secondary N) is 2. The topological polar surface area (TPSA) is 96.3 Å². The average molecular weight is 486 g/mol. The first-order valence-electron chi connectivity index (χ1n) is 11.4. The minimum absolute atomic E-state index is 0.110. The van der Waals surface area contributed by atoms with Gasteiger partial charge in [-0.25, -0.2) is 4.79 Å². The summed E-state index contributed by atoms with van der Waals surface area (Å²) in [6, 6.07) is 9.78. The van der Waals surface area contributed by atoms with E-state index in [0.717, 1.165) is 49.6 Å². The van der Waals surface area contributed by atoms with Crippen molar-refractivity contribution >= 4 is 17.6 Å². The summed E-state index contributed by atoms with van der Waals surface area (Å²) in [4.78, 5) is 25.3. The van der Waals surface area contributed by atoms with Gasteiger partial charge in [0, 0.05) is 29.3 Å². The molecule has 0 unspecified atom stereocenters. The summed E-state index contributed by atoms with van der Waals surface area (Å²) in [5, 5.41) is 20.3. The summed E-state index contributed by atoms with van der Waals surface area (Å²) in [6.07, 6.45) is -0.865. The van der Waals surface area contributed by atoms with Crippen LogP contribution in [0.3, 0.4) is 0 Å². The first-order chi connectivity index (χ1) is 16.7. The third kappa shape index (κ3) is 5.31. The molecule has 1 saturated carbocycles. The minimum Gasteiger partial charge on any atom is -0.507 e. The lowest BCUT2D eigenvalue weighted by Crippen LogP contribution is -2.32. The molecule has 1 aliphatic carbocycles. The number of hydrogen-bond donors (Lipinski definition) is 3. The smallest absolute Gasteiger partial charge is 0.416 e. The highest BCUT2D eigenvalue weighted by atomic mass is 19.4. The highest BCUT2D eigenvalue weighted by Crippen LogP contribution is 2.39. The zero-order chi connectivity index (χ0) is 25.2. The Hall–Kier alpha value is -3.82. The van der Waals surface area contributed by atoms with Crippen LogP contribution in [-0.4, -0.2) is 33.4 Å². The van der Waals surface area contributed by atoms with Gasteiger partial charge in [0.2, 0.25) is 0 Å². The molecule has 3 aromatic rings. The molecule has 2 aromatic carbocycles. The third-order valence-corrected chi connectivity index (χ3v) is 5.96. The van der Waals surface area contributed by atoms with E-state index in [9.17, 15) is 27.9 Å². The molecule has 0 atom stereocenters. The Morgan fingerprint density at radius 1 is 1.14 bits per heavy atom. The molecule has 2 amide bonds.